The standard InChI is InChI=1S/C14H21NO3/c1-4-12(9-16)15-14(17)11(3)18-13-7-5-6-10(2)8-13/h5-8,11-12,16H,4,9H2,1-3H3,(H,15,17)/t11?,12-/m1/s1. The van der Waals surface area contributed by atoms with Gasteiger partial charge in [-0.2, -0.15) is 0 Å². The maximum absolute atomic E-state index is 11.8. The van der Waals surface area contributed by atoms with Gasteiger partial charge in [0, 0.05) is 0 Å². The van der Waals surface area contributed by atoms with E-state index < -0.39 is 6.10 Å². The van der Waals surface area contributed by atoms with E-state index in [-0.39, 0.29) is 18.6 Å². The van der Waals surface area contributed by atoms with Gasteiger partial charge in [0.15, 0.2) is 6.10 Å². The zero-order valence-electron chi connectivity index (χ0n) is 11.1. The Bertz CT molecular complexity index is 388. The van der Waals surface area contributed by atoms with Crippen LogP contribution in [0.5, 0.6) is 5.75 Å². The lowest BCUT2D eigenvalue weighted by Gasteiger charge is -2.19. The van der Waals surface area contributed by atoms with Gasteiger partial charge in [-0.3, -0.25) is 4.79 Å². The predicted octanol–water partition coefficient (Wildman–Crippen LogP) is 1.65. The molecule has 100 valence electrons. The summed E-state index contributed by atoms with van der Waals surface area (Å²) in [6.07, 6.45) is 0.117. The molecule has 0 saturated heterocycles. The fourth-order valence-electron chi connectivity index (χ4n) is 1.54. The number of nitrogens with one attached hydrogen (secondary N) is 1. The van der Waals surface area contributed by atoms with Crippen molar-refractivity contribution in [3.05, 3.63) is 29.8 Å². The zero-order valence-corrected chi connectivity index (χ0v) is 11.1. The van der Waals surface area contributed by atoms with Gasteiger partial charge in [0.05, 0.1) is 12.6 Å². The zero-order chi connectivity index (χ0) is 13.5. The maximum Gasteiger partial charge on any atom is 0.261 e. The molecule has 0 radical (unpaired) electrons. The molecule has 0 spiro atoms. The summed E-state index contributed by atoms with van der Waals surface area (Å²) in [5.41, 5.74) is 1.09. The lowest BCUT2D eigenvalue weighted by molar-refractivity contribution is -0.128. The summed E-state index contributed by atoms with van der Waals surface area (Å²) in [6.45, 7) is 5.52. The molecule has 1 aromatic carbocycles. The maximum atomic E-state index is 11.8. The van der Waals surface area contributed by atoms with Crippen LogP contribution < -0.4 is 10.1 Å². The van der Waals surface area contributed by atoms with Crippen LogP contribution in [-0.4, -0.2) is 29.8 Å². The Morgan fingerprint density at radius 3 is 2.78 bits per heavy atom. The predicted molar refractivity (Wildman–Crippen MR) is 70.6 cm³/mol. The number of hydrogen-bond acceptors (Lipinski definition) is 3. The molecule has 1 aromatic rings. The molecular weight excluding hydrogens is 230 g/mol. The number of carbonyl (C=O) groups is 1. The van der Waals surface area contributed by atoms with Crippen LogP contribution in [0.3, 0.4) is 0 Å². The fraction of sp³-hybridized carbons (Fsp3) is 0.500. The SMILES string of the molecule is CC[C@H](CO)NC(=O)C(C)Oc1cccc(C)c1. The van der Waals surface area contributed by atoms with E-state index in [1.165, 1.54) is 0 Å². The number of hydrogen-bond donors (Lipinski definition) is 2. The van der Waals surface area contributed by atoms with Crippen LogP contribution in [0.2, 0.25) is 0 Å². The molecule has 1 amide bonds. The molecule has 4 nitrogen and oxygen atoms in total. The topological polar surface area (TPSA) is 58.6 Å². The second-order valence-electron chi connectivity index (χ2n) is 4.37. The minimum atomic E-state index is -0.576. The number of aliphatic hydroxyl groups excluding tert-OH is 1. The molecule has 0 bridgehead atoms. The van der Waals surface area contributed by atoms with Gasteiger partial charge in [0.2, 0.25) is 0 Å². The molecule has 1 unspecified atom stereocenters. The van der Waals surface area contributed by atoms with Crippen molar-refractivity contribution in [3.63, 3.8) is 0 Å². The first-order chi connectivity index (χ1) is 8.56. The molecule has 2 atom stereocenters. The number of rotatable bonds is 6. The van der Waals surface area contributed by atoms with Gasteiger partial charge in [-0.25, -0.2) is 0 Å². The molecule has 0 aliphatic heterocycles. The van der Waals surface area contributed by atoms with Crippen LogP contribution in [0.15, 0.2) is 24.3 Å². The summed E-state index contributed by atoms with van der Waals surface area (Å²) in [5, 5.41) is 11.8. The normalized spacial score (nSPS) is 13.8. The molecular formula is C14H21NO3. The second-order valence-corrected chi connectivity index (χ2v) is 4.37. The fourth-order valence-corrected chi connectivity index (χ4v) is 1.54. The Morgan fingerprint density at radius 2 is 2.22 bits per heavy atom. The van der Waals surface area contributed by atoms with Gasteiger partial charge in [0.25, 0.3) is 5.91 Å². The molecule has 0 aliphatic carbocycles. The van der Waals surface area contributed by atoms with Crippen molar-refractivity contribution < 1.29 is 14.6 Å². The summed E-state index contributed by atoms with van der Waals surface area (Å²) >= 11 is 0. The molecule has 4 heteroatoms. The highest BCUT2D eigenvalue weighted by Crippen LogP contribution is 2.14. The molecule has 0 aromatic heterocycles. The number of carbonyl (C=O) groups excluding carboxylic acids is 1. The number of ether oxygens (including phenoxy) is 1. The summed E-state index contributed by atoms with van der Waals surface area (Å²) < 4.78 is 5.55. The Kier molecular flexibility index (Phi) is 5.65. The number of amides is 1. The molecule has 0 aliphatic rings. The summed E-state index contributed by atoms with van der Waals surface area (Å²) in [5.74, 6) is 0.465. The van der Waals surface area contributed by atoms with Gasteiger partial charge in [-0.05, 0) is 38.0 Å². The van der Waals surface area contributed by atoms with Crippen LogP contribution in [0.1, 0.15) is 25.8 Å². The van der Waals surface area contributed by atoms with Crippen molar-refractivity contribution in [1.29, 1.82) is 0 Å². The first kappa shape index (κ1) is 14.5. The Labute approximate surface area is 108 Å². The average Bonchev–Trinajstić information content (AvgIpc) is 2.35. The Hall–Kier alpha value is -1.55. The molecule has 1 rings (SSSR count). The highest BCUT2D eigenvalue weighted by atomic mass is 16.5. The van der Waals surface area contributed by atoms with Gasteiger partial charge < -0.3 is 15.2 Å². The van der Waals surface area contributed by atoms with Crippen molar-refractivity contribution in [2.75, 3.05) is 6.61 Å². The first-order valence-corrected chi connectivity index (χ1v) is 6.21. The van der Waals surface area contributed by atoms with Crippen LogP contribution in [0.25, 0.3) is 0 Å². The van der Waals surface area contributed by atoms with E-state index in [0.717, 1.165) is 5.56 Å². The van der Waals surface area contributed by atoms with E-state index in [2.05, 4.69) is 5.32 Å². The quantitative estimate of drug-likeness (QED) is 0.808. The Morgan fingerprint density at radius 1 is 1.50 bits per heavy atom. The van der Waals surface area contributed by atoms with Crippen molar-refractivity contribution in [2.45, 2.75) is 39.3 Å². The Balaban J connectivity index is 2.54. The molecule has 2 N–H and O–H groups in total. The van der Waals surface area contributed by atoms with Crippen molar-refractivity contribution in [2.24, 2.45) is 0 Å². The lowest BCUT2D eigenvalue weighted by Crippen LogP contribution is -2.43. The minimum absolute atomic E-state index is 0.0561. The highest BCUT2D eigenvalue weighted by molar-refractivity contribution is 5.81. The van der Waals surface area contributed by atoms with E-state index in [4.69, 9.17) is 9.84 Å². The molecule has 0 heterocycles. The highest BCUT2D eigenvalue weighted by Gasteiger charge is 2.17. The summed E-state index contributed by atoms with van der Waals surface area (Å²) in [4.78, 5) is 11.8. The van der Waals surface area contributed by atoms with Crippen molar-refractivity contribution in [3.8, 4) is 5.75 Å². The van der Waals surface area contributed by atoms with Gasteiger partial charge in [-0.1, -0.05) is 19.1 Å². The van der Waals surface area contributed by atoms with E-state index in [9.17, 15) is 4.79 Å². The van der Waals surface area contributed by atoms with Crippen molar-refractivity contribution >= 4 is 5.91 Å². The lowest BCUT2D eigenvalue weighted by atomic mass is 10.2. The molecule has 18 heavy (non-hydrogen) atoms. The van der Waals surface area contributed by atoms with Gasteiger partial charge in [0.1, 0.15) is 5.75 Å². The monoisotopic (exact) mass is 251 g/mol. The third kappa shape index (κ3) is 4.37. The smallest absolute Gasteiger partial charge is 0.261 e. The largest absolute Gasteiger partial charge is 0.481 e. The summed E-state index contributed by atoms with van der Waals surface area (Å²) in [6, 6.07) is 7.35. The van der Waals surface area contributed by atoms with Gasteiger partial charge in [-0.15, -0.1) is 0 Å². The number of benzene rings is 1. The third-order valence-electron chi connectivity index (χ3n) is 2.73. The summed E-state index contributed by atoms with van der Waals surface area (Å²) in [7, 11) is 0. The van der Waals surface area contributed by atoms with E-state index in [0.29, 0.717) is 12.2 Å². The first-order valence-electron chi connectivity index (χ1n) is 6.21. The van der Waals surface area contributed by atoms with Crippen LogP contribution in [0, 0.1) is 6.92 Å². The molecule has 0 fully saturated rings. The van der Waals surface area contributed by atoms with Crippen LogP contribution in [0.4, 0.5) is 0 Å². The second kappa shape index (κ2) is 7.01. The third-order valence-corrected chi connectivity index (χ3v) is 2.73. The van der Waals surface area contributed by atoms with Crippen LogP contribution >= 0.6 is 0 Å². The van der Waals surface area contributed by atoms with Gasteiger partial charge >= 0.3 is 0 Å². The number of aryl methyl sites for hydroxylation is 1. The number of aliphatic hydroxyl groups is 1. The van der Waals surface area contributed by atoms with E-state index in [1.807, 2.05) is 38.1 Å². The average molecular weight is 251 g/mol. The molecule has 0 saturated carbocycles. The van der Waals surface area contributed by atoms with Crippen LogP contribution in [-0.2, 0) is 4.79 Å². The van der Waals surface area contributed by atoms with E-state index >= 15 is 0 Å². The van der Waals surface area contributed by atoms with E-state index in [1.54, 1.807) is 6.92 Å². The minimum Gasteiger partial charge on any atom is -0.481 e. The van der Waals surface area contributed by atoms with Crippen molar-refractivity contribution in [1.82, 2.24) is 5.32 Å².